The van der Waals surface area contributed by atoms with Crippen molar-refractivity contribution in [3.8, 4) is 0 Å². The van der Waals surface area contributed by atoms with Gasteiger partial charge in [-0.1, -0.05) is 19.4 Å². The fraction of sp³-hybridized carbons (Fsp3) is 0.650. The molecule has 28 heavy (non-hydrogen) atoms. The van der Waals surface area contributed by atoms with Gasteiger partial charge < -0.3 is 10.6 Å². The standard InChI is InChI=1S/C20H32N6S.HI/c1-3-21-20(23-16-9-7-10-17(15-16)27-4-2)22-13-8-12-19-25-24-18-11-5-6-14-26(18)19;/h5-6,11,14,16-17H,3-4,7-10,12-13,15H2,1-2H3,(H2,21,22,23);1H. The number of pyridine rings is 1. The molecular formula is C20H33IN6S. The van der Waals surface area contributed by atoms with Crippen molar-refractivity contribution in [3.05, 3.63) is 30.2 Å². The van der Waals surface area contributed by atoms with E-state index in [4.69, 9.17) is 4.99 Å². The molecular weight excluding hydrogens is 483 g/mol. The van der Waals surface area contributed by atoms with E-state index >= 15 is 0 Å². The van der Waals surface area contributed by atoms with Crippen LogP contribution in [-0.2, 0) is 6.42 Å². The number of aliphatic imine (C=N–C) groups is 1. The first kappa shape index (κ1) is 23.3. The van der Waals surface area contributed by atoms with Gasteiger partial charge in [0.25, 0.3) is 0 Å². The summed E-state index contributed by atoms with van der Waals surface area (Å²) in [5.74, 6) is 3.17. The summed E-state index contributed by atoms with van der Waals surface area (Å²) in [4.78, 5) is 4.79. The second-order valence-corrected chi connectivity index (χ2v) is 8.57. The van der Waals surface area contributed by atoms with Gasteiger partial charge in [0.1, 0.15) is 5.82 Å². The summed E-state index contributed by atoms with van der Waals surface area (Å²) in [5, 5.41) is 16.4. The highest BCUT2D eigenvalue weighted by atomic mass is 127. The molecule has 1 aliphatic carbocycles. The second kappa shape index (κ2) is 12.5. The van der Waals surface area contributed by atoms with Gasteiger partial charge in [0.05, 0.1) is 0 Å². The quantitative estimate of drug-likeness (QED) is 0.241. The van der Waals surface area contributed by atoms with Crippen molar-refractivity contribution in [1.29, 1.82) is 0 Å². The number of nitrogens with zero attached hydrogens (tertiary/aromatic N) is 4. The Balaban J connectivity index is 0.00000280. The van der Waals surface area contributed by atoms with Crippen molar-refractivity contribution in [3.63, 3.8) is 0 Å². The molecule has 8 heteroatoms. The molecule has 1 aliphatic rings. The number of aromatic nitrogens is 3. The molecule has 6 nitrogen and oxygen atoms in total. The zero-order valence-corrected chi connectivity index (χ0v) is 20.1. The SMILES string of the molecule is CCNC(=NCCCc1nnc2ccccn12)NC1CCCC(SCC)C1.I. The van der Waals surface area contributed by atoms with Gasteiger partial charge in [-0.3, -0.25) is 9.39 Å². The number of rotatable bonds is 8. The summed E-state index contributed by atoms with van der Waals surface area (Å²) >= 11 is 2.10. The molecule has 2 atom stereocenters. The number of hydrogen-bond acceptors (Lipinski definition) is 4. The summed E-state index contributed by atoms with van der Waals surface area (Å²) in [5.41, 5.74) is 0.905. The van der Waals surface area contributed by atoms with Crippen LogP contribution < -0.4 is 10.6 Å². The van der Waals surface area contributed by atoms with E-state index in [0.29, 0.717) is 6.04 Å². The third kappa shape index (κ3) is 6.79. The number of aryl methyl sites for hydroxylation is 1. The predicted octanol–water partition coefficient (Wildman–Crippen LogP) is 3.90. The lowest BCUT2D eigenvalue weighted by Gasteiger charge is -2.30. The first-order chi connectivity index (χ1) is 13.3. The van der Waals surface area contributed by atoms with Gasteiger partial charge in [0.2, 0.25) is 0 Å². The van der Waals surface area contributed by atoms with Crippen molar-refractivity contribution in [1.82, 2.24) is 25.2 Å². The fourth-order valence-corrected chi connectivity index (χ4v) is 4.84. The molecule has 3 rings (SSSR count). The largest absolute Gasteiger partial charge is 0.357 e. The van der Waals surface area contributed by atoms with Crippen molar-refractivity contribution < 1.29 is 0 Å². The molecule has 2 N–H and O–H groups in total. The smallest absolute Gasteiger partial charge is 0.191 e. The average Bonchev–Trinajstić information content (AvgIpc) is 3.09. The van der Waals surface area contributed by atoms with Crippen molar-refractivity contribution in [2.75, 3.05) is 18.8 Å². The predicted molar refractivity (Wildman–Crippen MR) is 130 cm³/mol. The molecule has 2 aromatic heterocycles. The molecule has 1 fully saturated rings. The number of hydrogen-bond donors (Lipinski definition) is 2. The van der Waals surface area contributed by atoms with E-state index in [-0.39, 0.29) is 24.0 Å². The van der Waals surface area contributed by atoms with E-state index in [9.17, 15) is 0 Å². The Kier molecular flexibility index (Phi) is 10.4. The highest BCUT2D eigenvalue weighted by Crippen LogP contribution is 2.28. The average molecular weight is 516 g/mol. The summed E-state index contributed by atoms with van der Waals surface area (Å²) in [7, 11) is 0. The minimum atomic E-state index is 0. The van der Waals surface area contributed by atoms with Crippen LogP contribution in [0.5, 0.6) is 0 Å². The number of halogens is 1. The number of guanidine groups is 1. The number of thioether (sulfide) groups is 1. The van der Waals surface area contributed by atoms with Gasteiger partial charge in [-0.2, -0.15) is 11.8 Å². The van der Waals surface area contributed by atoms with Gasteiger partial charge in [-0.25, -0.2) is 0 Å². The van der Waals surface area contributed by atoms with Crippen LogP contribution in [0, 0.1) is 0 Å². The normalized spacial score (nSPS) is 20.0. The second-order valence-electron chi connectivity index (χ2n) is 6.99. The first-order valence-electron chi connectivity index (χ1n) is 10.2. The molecule has 0 amide bonds. The van der Waals surface area contributed by atoms with E-state index < -0.39 is 0 Å². The Bertz CT molecular complexity index is 732. The lowest BCUT2D eigenvalue weighted by molar-refractivity contribution is 0.419. The zero-order valence-electron chi connectivity index (χ0n) is 16.9. The number of fused-ring (bicyclic) bond motifs is 1. The highest BCUT2D eigenvalue weighted by Gasteiger charge is 2.22. The maximum Gasteiger partial charge on any atom is 0.191 e. The third-order valence-electron chi connectivity index (χ3n) is 4.93. The van der Waals surface area contributed by atoms with E-state index in [1.54, 1.807) is 0 Å². The van der Waals surface area contributed by atoms with Crippen molar-refractivity contribution in [2.24, 2.45) is 4.99 Å². The van der Waals surface area contributed by atoms with Crippen LogP contribution in [0.2, 0.25) is 0 Å². The molecule has 0 bridgehead atoms. The Morgan fingerprint density at radius 3 is 3.00 bits per heavy atom. The molecule has 1 saturated carbocycles. The Labute approximate surface area is 189 Å². The van der Waals surface area contributed by atoms with Gasteiger partial charge in [0, 0.05) is 37.0 Å². The summed E-state index contributed by atoms with van der Waals surface area (Å²) in [6.45, 7) is 6.05. The van der Waals surface area contributed by atoms with Crippen LogP contribution in [-0.4, -0.2) is 50.7 Å². The monoisotopic (exact) mass is 516 g/mol. The lowest BCUT2D eigenvalue weighted by atomic mass is 9.95. The Hall–Kier alpha value is -1.03. The molecule has 0 spiro atoms. The summed E-state index contributed by atoms with van der Waals surface area (Å²) in [6, 6.07) is 6.53. The van der Waals surface area contributed by atoms with Gasteiger partial charge in [0.15, 0.2) is 11.6 Å². The van der Waals surface area contributed by atoms with Gasteiger partial charge in [-0.15, -0.1) is 34.2 Å². The van der Waals surface area contributed by atoms with E-state index in [2.05, 4.69) is 50.8 Å². The first-order valence-corrected chi connectivity index (χ1v) is 11.3. The molecule has 0 radical (unpaired) electrons. The van der Waals surface area contributed by atoms with Crippen LogP contribution in [0.25, 0.3) is 5.65 Å². The molecule has 0 saturated heterocycles. The summed E-state index contributed by atoms with van der Waals surface area (Å²) < 4.78 is 2.06. The van der Waals surface area contributed by atoms with Crippen molar-refractivity contribution in [2.45, 2.75) is 63.7 Å². The van der Waals surface area contributed by atoms with Crippen LogP contribution in [0.4, 0.5) is 0 Å². The van der Waals surface area contributed by atoms with E-state index in [1.165, 1.54) is 31.4 Å². The molecule has 2 unspecified atom stereocenters. The fourth-order valence-electron chi connectivity index (χ4n) is 3.67. The summed E-state index contributed by atoms with van der Waals surface area (Å²) in [6.07, 6.45) is 9.03. The molecule has 156 valence electrons. The maximum atomic E-state index is 4.79. The minimum Gasteiger partial charge on any atom is -0.357 e. The van der Waals surface area contributed by atoms with Crippen LogP contribution in [0.1, 0.15) is 51.8 Å². The van der Waals surface area contributed by atoms with Gasteiger partial charge >= 0.3 is 0 Å². The molecule has 0 aliphatic heterocycles. The van der Waals surface area contributed by atoms with E-state index in [1.807, 2.05) is 24.4 Å². The Morgan fingerprint density at radius 2 is 2.18 bits per heavy atom. The lowest BCUT2D eigenvalue weighted by Crippen LogP contribution is -2.45. The number of nitrogens with one attached hydrogen (secondary N) is 2. The topological polar surface area (TPSA) is 66.6 Å². The van der Waals surface area contributed by atoms with Crippen molar-refractivity contribution >= 4 is 47.3 Å². The minimum absolute atomic E-state index is 0. The van der Waals surface area contributed by atoms with Crippen LogP contribution in [0.3, 0.4) is 0 Å². The van der Waals surface area contributed by atoms with Crippen LogP contribution >= 0.6 is 35.7 Å². The van der Waals surface area contributed by atoms with E-state index in [0.717, 1.165) is 48.6 Å². The molecule has 0 aromatic carbocycles. The zero-order chi connectivity index (χ0) is 18.9. The molecule has 2 aromatic rings. The van der Waals surface area contributed by atoms with Gasteiger partial charge in [-0.05, 0) is 50.5 Å². The Morgan fingerprint density at radius 1 is 1.29 bits per heavy atom. The maximum absolute atomic E-state index is 4.79. The third-order valence-corrected chi connectivity index (χ3v) is 6.16. The molecule has 2 heterocycles. The van der Waals surface area contributed by atoms with Crippen LogP contribution in [0.15, 0.2) is 29.4 Å². The highest BCUT2D eigenvalue weighted by molar-refractivity contribution is 14.0.